The summed E-state index contributed by atoms with van der Waals surface area (Å²) in [6.45, 7) is -0.0341. The molecule has 1 aliphatic heterocycles. The van der Waals surface area contributed by atoms with Crippen molar-refractivity contribution >= 4 is 11.8 Å². The number of nitrogens with one attached hydrogen (secondary N) is 1. The van der Waals surface area contributed by atoms with Crippen molar-refractivity contribution in [1.82, 2.24) is 10.2 Å². The van der Waals surface area contributed by atoms with Crippen molar-refractivity contribution in [1.29, 1.82) is 0 Å². The van der Waals surface area contributed by atoms with Crippen LogP contribution in [0.1, 0.15) is 17.4 Å². The predicted molar refractivity (Wildman–Crippen MR) is 82.2 cm³/mol. The smallest absolute Gasteiger partial charge is 0.252 e. The minimum Gasteiger partial charge on any atom is -0.467 e. The summed E-state index contributed by atoms with van der Waals surface area (Å²) in [4.78, 5) is 25.8. The van der Waals surface area contributed by atoms with Gasteiger partial charge in [-0.25, -0.2) is 4.39 Å². The summed E-state index contributed by atoms with van der Waals surface area (Å²) in [6, 6.07) is 8.66. The first-order valence-electron chi connectivity index (χ1n) is 7.49. The number of halogens is 1. The van der Waals surface area contributed by atoms with Gasteiger partial charge in [0.1, 0.15) is 18.2 Å². The SMILES string of the molecule is CN1C(=O)COC(C(=O)NCc2ccco2)C1c1ccccc1F. The van der Waals surface area contributed by atoms with Gasteiger partial charge < -0.3 is 19.4 Å². The van der Waals surface area contributed by atoms with E-state index in [0.717, 1.165) is 0 Å². The molecule has 0 aliphatic carbocycles. The van der Waals surface area contributed by atoms with E-state index in [1.807, 2.05) is 0 Å². The highest BCUT2D eigenvalue weighted by molar-refractivity contribution is 5.86. The van der Waals surface area contributed by atoms with Gasteiger partial charge in [0.25, 0.3) is 5.91 Å². The molecular formula is C17H17FN2O4. The molecule has 0 saturated carbocycles. The molecule has 2 aromatic rings. The second-order valence-corrected chi connectivity index (χ2v) is 5.50. The van der Waals surface area contributed by atoms with Crippen LogP contribution >= 0.6 is 0 Å². The molecule has 1 aliphatic rings. The summed E-state index contributed by atoms with van der Waals surface area (Å²) in [7, 11) is 1.54. The quantitative estimate of drug-likeness (QED) is 0.924. The first-order valence-corrected chi connectivity index (χ1v) is 7.49. The Hall–Kier alpha value is -2.67. The lowest BCUT2D eigenvalue weighted by Crippen LogP contribution is -2.53. The fourth-order valence-electron chi connectivity index (χ4n) is 2.71. The number of likely N-dealkylation sites (N-methyl/N-ethyl adjacent to an activating group) is 1. The fourth-order valence-corrected chi connectivity index (χ4v) is 2.71. The number of carbonyl (C=O) groups excluding carboxylic acids is 2. The first-order chi connectivity index (χ1) is 11.6. The van der Waals surface area contributed by atoms with Gasteiger partial charge in [-0.1, -0.05) is 18.2 Å². The van der Waals surface area contributed by atoms with Gasteiger partial charge in [0, 0.05) is 12.6 Å². The third kappa shape index (κ3) is 3.16. The van der Waals surface area contributed by atoms with E-state index in [9.17, 15) is 14.0 Å². The van der Waals surface area contributed by atoms with E-state index < -0.39 is 23.9 Å². The van der Waals surface area contributed by atoms with E-state index in [2.05, 4.69) is 5.32 Å². The van der Waals surface area contributed by atoms with Crippen LogP contribution in [0.15, 0.2) is 47.1 Å². The van der Waals surface area contributed by atoms with Crippen LogP contribution in [-0.4, -0.2) is 36.5 Å². The average molecular weight is 332 g/mol. The van der Waals surface area contributed by atoms with E-state index in [4.69, 9.17) is 9.15 Å². The number of rotatable bonds is 4. The molecule has 2 unspecified atom stereocenters. The van der Waals surface area contributed by atoms with Crippen molar-refractivity contribution in [3.8, 4) is 0 Å². The number of nitrogens with zero attached hydrogens (tertiary/aromatic N) is 1. The van der Waals surface area contributed by atoms with Crippen molar-refractivity contribution < 1.29 is 23.1 Å². The number of hydrogen-bond donors (Lipinski definition) is 1. The summed E-state index contributed by atoms with van der Waals surface area (Å²) < 4.78 is 24.8. The fraction of sp³-hybridized carbons (Fsp3) is 0.294. The number of carbonyl (C=O) groups is 2. The highest BCUT2D eigenvalue weighted by Gasteiger charge is 2.41. The van der Waals surface area contributed by atoms with Crippen LogP contribution in [0.2, 0.25) is 0 Å². The molecule has 3 rings (SSSR count). The van der Waals surface area contributed by atoms with Crippen LogP contribution < -0.4 is 5.32 Å². The number of benzene rings is 1. The number of furan rings is 1. The molecule has 2 heterocycles. The van der Waals surface area contributed by atoms with Gasteiger partial charge in [-0.05, 0) is 18.2 Å². The number of amides is 2. The van der Waals surface area contributed by atoms with E-state index in [1.54, 1.807) is 30.3 Å². The summed E-state index contributed by atoms with van der Waals surface area (Å²) in [5, 5.41) is 2.69. The van der Waals surface area contributed by atoms with Gasteiger partial charge in [-0.3, -0.25) is 9.59 Å². The van der Waals surface area contributed by atoms with Crippen LogP contribution in [0.3, 0.4) is 0 Å². The molecule has 7 heteroatoms. The molecule has 6 nitrogen and oxygen atoms in total. The summed E-state index contributed by atoms with van der Waals surface area (Å²) in [6.07, 6.45) is 0.507. The topological polar surface area (TPSA) is 71.8 Å². The Balaban J connectivity index is 1.82. The van der Waals surface area contributed by atoms with Crippen molar-refractivity contribution in [2.75, 3.05) is 13.7 Å². The Morgan fingerprint density at radius 2 is 2.12 bits per heavy atom. The molecule has 1 aromatic heterocycles. The largest absolute Gasteiger partial charge is 0.467 e. The second kappa shape index (κ2) is 6.84. The van der Waals surface area contributed by atoms with E-state index in [1.165, 1.54) is 24.3 Å². The summed E-state index contributed by atoms with van der Waals surface area (Å²) in [5.41, 5.74) is 0.242. The molecule has 2 amide bonds. The van der Waals surface area contributed by atoms with E-state index in [-0.39, 0.29) is 24.6 Å². The van der Waals surface area contributed by atoms with Crippen LogP contribution in [0.4, 0.5) is 4.39 Å². The summed E-state index contributed by atoms with van der Waals surface area (Å²) in [5.74, 6) is -0.639. The van der Waals surface area contributed by atoms with Gasteiger partial charge >= 0.3 is 0 Å². The maximum Gasteiger partial charge on any atom is 0.252 e. The van der Waals surface area contributed by atoms with Crippen LogP contribution in [-0.2, 0) is 20.9 Å². The Bertz CT molecular complexity index is 732. The number of ether oxygens (including phenoxy) is 1. The molecule has 0 radical (unpaired) electrons. The van der Waals surface area contributed by atoms with Gasteiger partial charge in [-0.15, -0.1) is 0 Å². The standard InChI is InChI=1S/C17H17FN2O4/c1-20-14(21)10-24-16(15(20)12-6-2-3-7-13(12)18)17(22)19-9-11-5-4-8-23-11/h2-8,15-16H,9-10H2,1H3,(H,19,22). The number of hydrogen-bond acceptors (Lipinski definition) is 4. The van der Waals surface area contributed by atoms with E-state index in [0.29, 0.717) is 5.76 Å². The zero-order valence-corrected chi connectivity index (χ0v) is 13.1. The van der Waals surface area contributed by atoms with Crippen LogP contribution in [0.25, 0.3) is 0 Å². The molecule has 24 heavy (non-hydrogen) atoms. The molecular weight excluding hydrogens is 315 g/mol. The monoisotopic (exact) mass is 332 g/mol. The van der Waals surface area contributed by atoms with E-state index >= 15 is 0 Å². The zero-order valence-electron chi connectivity index (χ0n) is 13.1. The van der Waals surface area contributed by atoms with Crippen LogP contribution in [0.5, 0.6) is 0 Å². The Labute approximate surface area is 138 Å². The normalized spacial score (nSPS) is 20.9. The molecule has 0 spiro atoms. The Kier molecular flexibility index (Phi) is 4.61. The third-order valence-corrected chi connectivity index (χ3v) is 3.98. The number of morpholine rings is 1. The lowest BCUT2D eigenvalue weighted by atomic mass is 9.97. The van der Waals surface area contributed by atoms with Crippen molar-refractivity contribution in [3.63, 3.8) is 0 Å². The van der Waals surface area contributed by atoms with Crippen molar-refractivity contribution in [2.45, 2.75) is 18.7 Å². The first kappa shape index (κ1) is 16.2. The lowest BCUT2D eigenvalue weighted by molar-refractivity contribution is -0.162. The average Bonchev–Trinajstić information content (AvgIpc) is 3.09. The molecule has 1 fully saturated rings. The molecule has 0 bridgehead atoms. The maximum atomic E-state index is 14.2. The van der Waals surface area contributed by atoms with Gasteiger partial charge in [-0.2, -0.15) is 0 Å². The lowest BCUT2D eigenvalue weighted by Gasteiger charge is -2.38. The molecule has 126 valence electrons. The minimum atomic E-state index is -1.00. The second-order valence-electron chi connectivity index (χ2n) is 5.50. The highest BCUT2D eigenvalue weighted by Crippen LogP contribution is 2.30. The predicted octanol–water partition coefficient (Wildman–Crippen LogP) is 1.63. The highest BCUT2D eigenvalue weighted by atomic mass is 19.1. The summed E-state index contributed by atoms with van der Waals surface area (Å²) >= 11 is 0. The third-order valence-electron chi connectivity index (χ3n) is 3.98. The van der Waals surface area contributed by atoms with Gasteiger partial charge in [0.15, 0.2) is 6.10 Å². The van der Waals surface area contributed by atoms with Crippen molar-refractivity contribution in [2.24, 2.45) is 0 Å². The van der Waals surface area contributed by atoms with Gasteiger partial charge in [0.05, 0.1) is 18.8 Å². The molecule has 1 N–H and O–H groups in total. The molecule has 1 aromatic carbocycles. The maximum absolute atomic E-state index is 14.2. The minimum absolute atomic E-state index is 0.188. The molecule has 2 atom stereocenters. The van der Waals surface area contributed by atoms with Crippen molar-refractivity contribution in [3.05, 3.63) is 59.8 Å². The van der Waals surface area contributed by atoms with Gasteiger partial charge in [0.2, 0.25) is 5.91 Å². The molecule has 1 saturated heterocycles. The Morgan fingerprint density at radius 1 is 1.33 bits per heavy atom. The zero-order chi connectivity index (χ0) is 17.1. The van der Waals surface area contributed by atoms with Crippen LogP contribution in [0, 0.1) is 5.82 Å². The Morgan fingerprint density at radius 3 is 2.83 bits per heavy atom.